The summed E-state index contributed by atoms with van der Waals surface area (Å²) in [4.78, 5) is 26.3. The van der Waals surface area contributed by atoms with Crippen molar-refractivity contribution in [3.05, 3.63) is 48.5 Å². The number of piperidine rings is 1. The van der Waals surface area contributed by atoms with Crippen molar-refractivity contribution in [3.8, 4) is 17.2 Å². The molecule has 1 saturated heterocycles. The lowest BCUT2D eigenvalue weighted by Gasteiger charge is -2.30. The molecule has 0 radical (unpaired) electrons. The van der Waals surface area contributed by atoms with Crippen molar-refractivity contribution >= 4 is 17.6 Å². The van der Waals surface area contributed by atoms with Gasteiger partial charge in [-0.1, -0.05) is 0 Å². The largest absolute Gasteiger partial charge is 0.494 e. The maximum atomic E-state index is 12.4. The summed E-state index contributed by atoms with van der Waals surface area (Å²) in [5.74, 6) is 1.95. The van der Waals surface area contributed by atoms with Crippen molar-refractivity contribution in [2.75, 3.05) is 38.2 Å². The summed E-state index contributed by atoms with van der Waals surface area (Å²) in [6.07, 6.45) is 1.45. The van der Waals surface area contributed by atoms with Crippen LogP contribution in [0, 0.1) is 5.92 Å². The van der Waals surface area contributed by atoms with Crippen molar-refractivity contribution in [2.45, 2.75) is 26.7 Å². The lowest BCUT2D eigenvalue weighted by Crippen LogP contribution is -2.41. The van der Waals surface area contributed by atoms with Gasteiger partial charge in [-0.2, -0.15) is 0 Å². The Morgan fingerprint density at radius 1 is 0.903 bits per heavy atom. The van der Waals surface area contributed by atoms with Crippen LogP contribution in [0.4, 0.5) is 5.69 Å². The van der Waals surface area contributed by atoms with E-state index in [9.17, 15) is 9.59 Å². The molecular weight excluding hydrogens is 396 g/mol. The number of hydrogen-bond acceptors (Lipinski definition) is 6. The first-order valence-electron chi connectivity index (χ1n) is 10.8. The van der Waals surface area contributed by atoms with E-state index in [4.69, 9.17) is 14.2 Å². The van der Waals surface area contributed by atoms with Crippen LogP contribution >= 0.6 is 0 Å². The van der Waals surface area contributed by atoms with Crippen molar-refractivity contribution in [3.63, 3.8) is 0 Å². The topological polar surface area (TPSA) is 77.1 Å². The Morgan fingerprint density at radius 3 is 2.06 bits per heavy atom. The van der Waals surface area contributed by atoms with Crippen LogP contribution in [-0.2, 0) is 14.3 Å². The number of likely N-dealkylation sites (tertiary alicyclic amines) is 1. The highest BCUT2D eigenvalue weighted by molar-refractivity contribution is 5.92. The van der Waals surface area contributed by atoms with Crippen LogP contribution in [0.15, 0.2) is 48.5 Å². The van der Waals surface area contributed by atoms with Crippen molar-refractivity contribution in [2.24, 2.45) is 5.92 Å². The number of amides is 1. The molecule has 2 aromatic carbocycles. The van der Waals surface area contributed by atoms with Crippen LogP contribution in [0.3, 0.4) is 0 Å². The van der Waals surface area contributed by atoms with E-state index in [2.05, 4.69) is 10.2 Å². The summed E-state index contributed by atoms with van der Waals surface area (Å²) in [5, 5.41) is 2.91. The van der Waals surface area contributed by atoms with Crippen LogP contribution in [0.5, 0.6) is 17.2 Å². The molecule has 0 spiro atoms. The number of benzene rings is 2. The normalized spacial score (nSPS) is 14.6. The number of hydrogen-bond donors (Lipinski definition) is 1. The van der Waals surface area contributed by atoms with Crippen LogP contribution in [0.1, 0.15) is 26.7 Å². The van der Waals surface area contributed by atoms with E-state index >= 15 is 0 Å². The van der Waals surface area contributed by atoms with Gasteiger partial charge in [0.05, 0.1) is 25.7 Å². The van der Waals surface area contributed by atoms with Gasteiger partial charge in [-0.15, -0.1) is 0 Å². The van der Waals surface area contributed by atoms with Gasteiger partial charge in [0.25, 0.3) is 0 Å². The SMILES string of the molecule is CCOC(=O)C1CCN(CC(=O)Nc2ccc(Oc3ccc(OCC)cc3)cc2)CC1. The fraction of sp³-hybridized carbons (Fsp3) is 0.417. The fourth-order valence-electron chi connectivity index (χ4n) is 3.50. The van der Waals surface area contributed by atoms with Gasteiger partial charge in [-0.3, -0.25) is 14.5 Å². The van der Waals surface area contributed by atoms with Gasteiger partial charge in [0.15, 0.2) is 0 Å². The number of anilines is 1. The van der Waals surface area contributed by atoms with Crippen LogP contribution in [-0.4, -0.2) is 49.6 Å². The lowest BCUT2D eigenvalue weighted by atomic mass is 9.97. The Morgan fingerprint density at radius 2 is 1.48 bits per heavy atom. The van der Waals surface area contributed by atoms with Crippen LogP contribution in [0.2, 0.25) is 0 Å². The second-order valence-electron chi connectivity index (χ2n) is 7.38. The third-order valence-corrected chi connectivity index (χ3v) is 5.08. The van der Waals surface area contributed by atoms with Crippen LogP contribution < -0.4 is 14.8 Å². The number of rotatable bonds is 9. The summed E-state index contributed by atoms with van der Waals surface area (Å²) in [7, 11) is 0. The molecule has 1 N–H and O–H groups in total. The second kappa shape index (κ2) is 11.4. The summed E-state index contributed by atoms with van der Waals surface area (Å²) < 4.78 is 16.3. The molecule has 1 amide bonds. The predicted octanol–water partition coefficient (Wildman–Crippen LogP) is 4.09. The summed E-state index contributed by atoms with van der Waals surface area (Å²) >= 11 is 0. The van der Waals surface area contributed by atoms with E-state index in [1.165, 1.54) is 0 Å². The highest BCUT2D eigenvalue weighted by atomic mass is 16.5. The molecule has 7 heteroatoms. The minimum absolute atomic E-state index is 0.0535. The molecule has 0 aliphatic carbocycles. The lowest BCUT2D eigenvalue weighted by molar-refractivity contribution is -0.149. The zero-order valence-corrected chi connectivity index (χ0v) is 18.1. The van der Waals surface area contributed by atoms with E-state index < -0.39 is 0 Å². The zero-order chi connectivity index (χ0) is 22.1. The van der Waals surface area contributed by atoms with E-state index in [0.717, 1.165) is 18.6 Å². The summed E-state index contributed by atoms with van der Waals surface area (Å²) in [6, 6.07) is 14.7. The molecule has 3 rings (SSSR count). The average Bonchev–Trinajstić information content (AvgIpc) is 2.77. The third kappa shape index (κ3) is 7.00. The Balaban J connectivity index is 1.43. The highest BCUT2D eigenvalue weighted by Gasteiger charge is 2.26. The molecule has 0 aromatic heterocycles. The van der Waals surface area contributed by atoms with E-state index in [-0.39, 0.29) is 17.8 Å². The van der Waals surface area contributed by atoms with Crippen molar-refractivity contribution in [1.29, 1.82) is 0 Å². The Kier molecular flexibility index (Phi) is 8.29. The quantitative estimate of drug-likeness (QED) is 0.609. The predicted molar refractivity (Wildman–Crippen MR) is 119 cm³/mol. The number of ether oxygens (including phenoxy) is 3. The Labute approximate surface area is 183 Å². The molecule has 31 heavy (non-hydrogen) atoms. The number of nitrogens with one attached hydrogen (secondary N) is 1. The van der Waals surface area contributed by atoms with Crippen molar-refractivity contribution in [1.82, 2.24) is 4.90 Å². The number of carbonyl (C=O) groups excluding carboxylic acids is 2. The standard InChI is InChI=1S/C24H30N2O5/c1-3-29-20-9-11-22(12-10-20)31-21-7-5-19(6-8-21)25-23(27)17-26-15-13-18(14-16-26)24(28)30-4-2/h5-12,18H,3-4,13-17H2,1-2H3,(H,25,27). The molecule has 0 bridgehead atoms. The molecule has 7 nitrogen and oxygen atoms in total. The van der Waals surface area contributed by atoms with E-state index in [1.807, 2.05) is 62.4 Å². The summed E-state index contributed by atoms with van der Waals surface area (Å²) in [5.41, 5.74) is 0.713. The Hall–Kier alpha value is -3.06. The number of nitrogens with zero attached hydrogens (tertiary/aromatic N) is 1. The van der Waals surface area contributed by atoms with Crippen LogP contribution in [0.25, 0.3) is 0 Å². The second-order valence-corrected chi connectivity index (χ2v) is 7.38. The summed E-state index contributed by atoms with van der Waals surface area (Å²) in [6.45, 7) is 6.52. The molecule has 0 unspecified atom stereocenters. The number of esters is 1. The van der Waals surface area contributed by atoms with Gasteiger partial charge in [0.1, 0.15) is 17.2 Å². The minimum Gasteiger partial charge on any atom is -0.494 e. The fourth-order valence-corrected chi connectivity index (χ4v) is 3.50. The third-order valence-electron chi connectivity index (χ3n) is 5.08. The monoisotopic (exact) mass is 426 g/mol. The van der Waals surface area contributed by atoms with Gasteiger partial charge in [-0.25, -0.2) is 0 Å². The van der Waals surface area contributed by atoms with Gasteiger partial charge in [0.2, 0.25) is 5.91 Å². The molecule has 0 saturated carbocycles. The maximum absolute atomic E-state index is 12.4. The molecule has 1 heterocycles. The smallest absolute Gasteiger partial charge is 0.309 e. The first-order valence-corrected chi connectivity index (χ1v) is 10.8. The molecule has 1 aliphatic rings. The highest BCUT2D eigenvalue weighted by Crippen LogP contribution is 2.25. The van der Waals surface area contributed by atoms with E-state index in [0.29, 0.717) is 50.0 Å². The van der Waals surface area contributed by atoms with E-state index in [1.54, 1.807) is 0 Å². The molecular formula is C24H30N2O5. The minimum atomic E-state index is -0.126. The Bertz CT molecular complexity index is 843. The first-order chi connectivity index (χ1) is 15.1. The number of carbonyl (C=O) groups is 2. The van der Waals surface area contributed by atoms with Gasteiger partial charge >= 0.3 is 5.97 Å². The van der Waals surface area contributed by atoms with Crippen molar-refractivity contribution < 1.29 is 23.8 Å². The average molecular weight is 427 g/mol. The maximum Gasteiger partial charge on any atom is 0.309 e. The molecule has 166 valence electrons. The zero-order valence-electron chi connectivity index (χ0n) is 18.1. The van der Waals surface area contributed by atoms with Gasteiger partial charge in [-0.05, 0) is 88.3 Å². The molecule has 1 fully saturated rings. The van der Waals surface area contributed by atoms with Gasteiger partial charge in [0, 0.05) is 5.69 Å². The molecule has 2 aromatic rings. The van der Waals surface area contributed by atoms with Gasteiger partial charge < -0.3 is 19.5 Å². The molecule has 0 atom stereocenters. The first kappa shape index (κ1) is 22.6. The molecule has 1 aliphatic heterocycles.